The highest BCUT2D eigenvalue weighted by Gasteiger charge is 2.32. The summed E-state index contributed by atoms with van der Waals surface area (Å²) in [7, 11) is -4.12. The highest BCUT2D eigenvalue weighted by Crippen LogP contribution is 2.33. The number of pyridine rings is 1. The maximum Gasteiger partial charge on any atom is 0.271 e. The smallest absolute Gasteiger partial charge is 0.271 e. The van der Waals surface area contributed by atoms with Crippen LogP contribution in [0.1, 0.15) is 0 Å². The van der Waals surface area contributed by atoms with Gasteiger partial charge in [-0.3, -0.25) is 9.52 Å². The van der Waals surface area contributed by atoms with Crippen molar-refractivity contribution in [1.29, 1.82) is 0 Å². The Hall–Kier alpha value is -2.50. The van der Waals surface area contributed by atoms with Gasteiger partial charge in [0, 0.05) is 18.1 Å². The van der Waals surface area contributed by atoms with Crippen molar-refractivity contribution in [3.63, 3.8) is 0 Å². The Kier molecular flexibility index (Phi) is 4.60. The molecule has 1 aromatic carbocycles. The number of nitrogens with one attached hydrogen (secondary N) is 2. The van der Waals surface area contributed by atoms with Crippen molar-refractivity contribution >= 4 is 42.8 Å². The number of anilines is 2. The molecule has 1 saturated heterocycles. The molecule has 0 aliphatic carbocycles. The number of H-pyrrole nitrogens is 1. The number of alkyl halides is 1. The number of hydrogen-bond acceptors (Lipinski definition) is 6. The Morgan fingerprint density at radius 2 is 2.04 bits per heavy atom. The summed E-state index contributed by atoms with van der Waals surface area (Å²) in [4.78, 5) is 15.9. The van der Waals surface area contributed by atoms with Crippen molar-refractivity contribution in [1.82, 2.24) is 4.98 Å². The average Bonchev–Trinajstić information content (AvgIpc) is 3.24. The van der Waals surface area contributed by atoms with E-state index in [2.05, 4.69) is 9.71 Å². The number of rotatable bonds is 4. The number of β-amino-alcohol motifs (C(OH)–C–C–N with tert-alkyl or cyclic N) is 1. The minimum absolute atomic E-state index is 0.0311. The molecule has 1 aliphatic rings. The van der Waals surface area contributed by atoms with E-state index in [9.17, 15) is 27.1 Å². The lowest BCUT2D eigenvalue weighted by Crippen LogP contribution is -2.20. The van der Waals surface area contributed by atoms with Gasteiger partial charge in [-0.1, -0.05) is 0 Å². The number of fused-ring (bicyclic) bond motifs is 1. The van der Waals surface area contributed by atoms with Gasteiger partial charge in [0.25, 0.3) is 15.6 Å². The van der Waals surface area contributed by atoms with Crippen LogP contribution in [0.5, 0.6) is 0 Å². The molecule has 28 heavy (non-hydrogen) atoms. The lowest BCUT2D eigenvalue weighted by Gasteiger charge is -2.14. The van der Waals surface area contributed by atoms with Crippen molar-refractivity contribution in [2.75, 3.05) is 22.7 Å². The third-order valence-corrected chi connectivity index (χ3v) is 7.47. The van der Waals surface area contributed by atoms with Gasteiger partial charge >= 0.3 is 0 Å². The quantitative estimate of drug-likeness (QED) is 0.592. The molecular weight excluding hydrogens is 412 g/mol. The zero-order valence-electron chi connectivity index (χ0n) is 14.2. The van der Waals surface area contributed by atoms with Crippen LogP contribution >= 0.6 is 11.3 Å². The van der Waals surface area contributed by atoms with E-state index in [4.69, 9.17) is 0 Å². The van der Waals surface area contributed by atoms with Crippen LogP contribution in [-0.4, -0.2) is 43.9 Å². The molecule has 148 valence electrons. The van der Waals surface area contributed by atoms with E-state index in [-0.39, 0.29) is 28.4 Å². The Balaban J connectivity index is 1.63. The highest BCUT2D eigenvalue weighted by atomic mass is 32.2. The van der Waals surface area contributed by atoms with E-state index in [1.807, 2.05) is 0 Å². The Labute approximate surface area is 162 Å². The molecule has 0 amide bonds. The number of aliphatic hydroxyl groups excluding tert-OH is 1. The Morgan fingerprint density at radius 1 is 1.25 bits per heavy atom. The van der Waals surface area contributed by atoms with E-state index in [1.165, 1.54) is 24.4 Å². The zero-order valence-corrected chi connectivity index (χ0v) is 15.9. The summed E-state index contributed by atoms with van der Waals surface area (Å²) < 4.78 is 55.2. The predicted octanol–water partition coefficient (Wildman–Crippen LogP) is 2.05. The summed E-state index contributed by atoms with van der Waals surface area (Å²) in [5.74, 6) is -0.818. The maximum atomic E-state index is 14.3. The van der Waals surface area contributed by atoms with Crippen LogP contribution in [0.2, 0.25) is 0 Å². The molecule has 1 fully saturated rings. The number of aromatic nitrogens is 1. The SMILES string of the molecule is O=c1[nH]ccc2cc(F)c(NS(=O)(=O)c3ccc(N4CC(O)C(F)C4)s3)cc12. The molecule has 7 nitrogen and oxygen atoms in total. The van der Waals surface area contributed by atoms with Crippen LogP contribution in [-0.2, 0) is 10.0 Å². The molecule has 4 rings (SSSR count). The molecule has 0 saturated carbocycles. The molecule has 3 N–H and O–H groups in total. The van der Waals surface area contributed by atoms with Gasteiger partial charge in [-0.15, -0.1) is 11.3 Å². The molecule has 3 aromatic rings. The predicted molar refractivity (Wildman–Crippen MR) is 103 cm³/mol. The van der Waals surface area contributed by atoms with Gasteiger partial charge in [0.1, 0.15) is 22.3 Å². The average molecular weight is 427 g/mol. The van der Waals surface area contributed by atoms with E-state index in [0.29, 0.717) is 10.4 Å². The number of aromatic amines is 1. The molecule has 1 aliphatic heterocycles. The normalized spacial score (nSPS) is 20.0. The van der Waals surface area contributed by atoms with Crippen LogP contribution in [0.3, 0.4) is 0 Å². The van der Waals surface area contributed by atoms with Gasteiger partial charge in [-0.05, 0) is 35.7 Å². The summed E-state index contributed by atoms with van der Waals surface area (Å²) in [5.41, 5.74) is -0.815. The fourth-order valence-electron chi connectivity index (χ4n) is 3.03. The molecule has 11 heteroatoms. The number of halogens is 2. The van der Waals surface area contributed by atoms with Crippen molar-refractivity contribution < 1.29 is 22.3 Å². The first-order valence-corrected chi connectivity index (χ1v) is 10.6. The minimum Gasteiger partial charge on any atom is -0.388 e. The molecular formula is C17H15F2N3O4S2. The molecule has 0 bridgehead atoms. The van der Waals surface area contributed by atoms with Gasteiger partial charge in [-0.2, -0.15) is 0 Å². The van der Waals surface area contributed by atoms with Crippen LogP contribution in [0.25, 0.3) is 10.8 Å². The van der Waals surface area contributed by atoms with Crippen molar-refractivity contribution in [3.8, 4) is 0 Å². The van der Waals surface area contributed by atoms with Gasteiger partial charge in [0.15, 0.2) is 0 Å². The Morgan fingerprint density at radius 3 is 2.75 bits per heavy atom. The number of hydrogen-bond donors (Lipinski definition) is 3. The van der Waals surface area contributed by atoms with Crippen LogP contribution in [0.15, 0.2) is 45.5 Å². The second-order valence-electron chi connectivity index (χ2n) is 6.41. The molecule has 0 radical (unpaired) electrons. The monoisotopic (exact) mass is 427 g/mol. The van der Waals surface area contributed by atoms with Crippen LogP contribution in [0, 0.1) is 5.82 Å². The van der Waals surface area contributed by atoms with Crippen molar-refractivity contribution in [2.24, 2.45) is 0 Å². The lowest BCUT2D eigenvalue weighted by atomic mass is 10.1. The molecule has 2 atom stereocenters. The van der Waals surface area contributed by atoms with Gasteiger partial charge in [-0.25, -0.2) is 17.2 Å². The summed E-state index contributed by atoms with van der Waals surface area (Å²) in [6, 6.07) is 6.55. The topological polar surface area (TPSA) is 102 Å². The van der Waals surface area contributed by atoms with Crippen LogP contribution < -0.4 is 15.2 Å². The molecule has 3 heterocycles. The zero-order chi connectivity index (χ0) is 20.1. The van der Waals surface area contributed by atoms with E-state index in [1.54, 1.807) is 4.90 Å². The van der Waals surface area contributed by atoms with E-state index >= 15 is 0 Å². The number of benzene rings is 1. The largest absolute Gasteiger partial charge is 0.388 e. The molecule has 0 spiro atoms. The van der Waals surface area contributed by atoms with E-state index < -0.39 is 33.7 Å². The number of sulfonamides is 1. The minimum atomic E-state index is -4.12. The fraction of sp³-hybridized carbons (Fsp3) is 0.235. The summed E-state index contributed by atoms with van der Waals surface area (Å²) >= 11 is 0.880. The first-order chi connectivity index (χ1) is 13.2. The van der Waals surface area contributed by atoms with Crippen LogP contribution in [0.4, 0.5) is 19.5 Å². The summed E-state index contributed by atoms with van der Waals surface area (Å²) in [5, 5.41) is 10.5. The maximum absolute atomic E-state index is 14.3. The second kappa shape index (κ2) is 6.83. The summed E-state index contributed by atoms with van der Waals surface area (Å²) in [6.07, 6.45) is -1.14. The molecule has 2 unspecified atom stereocenters. The number of nitrogens with zero attached hydrogens (tertiary/aromatic N) is 1. The standard InChI is InChI=1S/C17H15F2N3O4S2/c18-11-5-9-3-4-20-17(24)10(9)6-13(11)21-28(25,26)16-2-1-15(27-16)22-7-12(19)14(23)8-22/h1-6,12,14,21,23H,7-8H2,(H,20,24). The first-order valence-electron chi connectivity index (χ1n) is 8.25. The number of aliphatic hydroxyl groups is 1. The number of thiophene rings is 1. The van der Waals surface area contributed by atoms with Crippen molar-refractivity contribution in [2.45, 2.75) is 16.5 Å². The summed E-state index contributed by atoms with van der Waals surface area (Å²) in [6.45, 7) is 0.0351. The first kappa shape index (κ1) is 18.8. The van der Waals surface area contributed by atoms with Gasteiger partial charge < -0.3 is 15.0 Å². The third kappa shape index (κ3) is 3.36. The van der Waals surface area contributed by atoms with E-state index in [0.717, 1.165) is 23.5 Å². The van der Waals surface area contributed by atoms with Gasteiger partial charge in [0.2, 0.25) is 0 Å². The van der Waals surface area contributed by atoms with Gasteiger partial charge in [0.05, 0.1) is 17.2 Å². The van der Waals surface area contributed by atoms with Crippen molar-refractivity contribution in [3.05, 3.63) is 52.7 Å². The fourth-order valence-corrected chi connectivity index (χ4v) is 5.40. The third-order valence-electron chi connectivity index (χ3n) is 4.47. The lowest BCUT2D eigenvalue weighted by molar-refractivity contribution is 0.118. The highest BCUT2D eigenvalue weighted by molar-refractivity contribution is 7.94. The Bertz CT molecular complexity index is 1200. The molecule has 2 aromatic heterocycles. The second-order valence-corrected chi connectivity index (χ2v) is 9.38.